The number of halogens is 2. The van der Waals surface area contributed by atoms with Crippen LogP contribution in [0.1, 0.15) is 0 Å². The molecule has 0 aromatic rings. The number of rotatable bonds is 4. The van der Waals surface area contributed by atoms with Crippen molar-refractivity contribution >= 4 is 143 Å². The Balaban J connectivity index is -0.0000000225. The van der Waals surface area contributed by atoms with E-state index in [1.54, 1.807) is 90.2 Å². The zero-order valence-corrected chi connectivity index (χ0v) is 33.7. The molecular formula is C12H16Cl2P4Sb4Zr2-2. The van der Waals surface area contributed by atoms with E-state index in [1.165, 1.54) is 0 Å². The minimum Gasteiger partial charge on any atom is -1.00 e. The summed E-state index contributed by atoms with van der Waals surface area (Å²) >= 11 is 6.65. The molecule has 0 aliphatic carbocycles. The van der Waals surface area contributed by atoms with E-state index in [4.69, 9.17) is 0 Å². The summed E-state index contributed by atoms with van der Waals surface area (Å²) in [6.45, 7) is 0. The smallest absolute Gasteiger partial charge is 1.00 e. The molecule has 24 heavy (non-hydrogen) atoms. The van der Waals surface area contributed by atoms with Crippen molar-refractivity contribution in [2.45, 2.75) is 0 Å². The van der Waals surface area contributed by atoms with Gasteiger partial charge in [0.05, 0.1) is 0 Å². The van der Waals surface area contributed by atoms with Crippen LogP contribution in [-0.2, 0) is 52.4 Å². The summed E-state index contributed by atoms with van der Waals surface area (Å²) in [7, 11) is 9.48. The third-order valence-electron chi connectivity index (χ3n) is 0.683. The summed E-state index contributed by atoms with van der Waals surface area (Å²) in [5.74, 6) is 11.1. The van der Waals surface area contributed by atoms with Gasteiger partial charge < -0.3 is 24.8 Å². The predicted molar refractivity (Wildman–Crippen MR) is 117 cm³/mol. The van der Waals surface area contributed by atoms with E-state index in [-0.39, 0.29) is 77.2 Å². The van der Waals surface area contributed by atoms with Gasteiger partial charge in [0, 0.05) is 0 Å². The Labute approximate surface area is 262 Å². The van der Waals surface area contributed by atoms with Gasteiger partial charge in [0.2, 0.25) is 0 Å². The first-order valence-corrected chi connectivity index (χ1v) is 12.9. The minimum atomic E-state index is 0. The molecule has 0 bridgehead atoms. The van der Waals surface area contributed by atoms with Gasteiger partial charge in [-0.05, 0) is 0 Å². The molecule has 0 aliphatic heterocycles. The first-order chi connectivity index (χ1) is 9.66. The maximum atomic E-state index is 2.77. The molecule has 0 aliphatic rings. The summed E-state index contributed by atoms with van der Waals surface area (Å²) < 4.78 is 7.89. The first kappa shape index (κ1) is 52.0. The van der Waals surface area contributed by atoms with E-state index >= 15 is 0 Å². The van der Waals surface area contributed by atoms with Gasteiger partial charge in [0.25, 0.3) is 0 Å². The van der Waals surface area contributed by atoms with Crippen molar-refractivity contribution in [3.05, 3.63) is 47.6 Å². The summed E-state index contributed by atoms with van der Waals surface area (Å²) in [6.07, 6.45) is 7.44. The van der Waals surface area contributed by atoms with Gasteiger partial charge in [-0.2, -0.15) is 0 Å². The van der Waals surface area contributed by atoms with Crippen LogP contribution in [0.2, 0.25) is 0 Å². The van der Waals surface area contributed by atoms with Crippen molar-refractivity contribution in [2.24, 2.45) is 0 Å². The van der Waals surface area contributed by atoms with Crippen LogP contribution in [0.4, 0.5) is 0 Å². The minimum absolute atomic E-state index is 0. The van der Waals surface area contributed by atoms with Gasteiger partial charge in [-0.25, -0.2) is 0 Å². The molecule has 0 aromatic heterocycles. The molecule has 0 fully saturated rings. The second kappa shape index (κ2) is 70.3. The maximum Gasteiger partial charge on any atom is 2.00 e. The summed E-state index contributed by atoms with van der Waals surface area (Å²) in [4.78, 5) is 0. The van der Waals surface area contributed by atoms with E-state index in [2.05, 4.69) is 60.2 Å². The number of allylic oxidation sites excluding steroid dienone is 4. The molecular weight excluding hydrogens is 1010 g/mol. The van der Waals surface area contributed by atoms with Crippen LogP contribution in [0.5, 0.6) is 0 Å². The largest absolute Gasteiger partial charge is 2.00 e. The molecule has 0 rings (SSSR count). The molecule has 4 radical (unpaired) electrons. The number of hydrogen-bond acceptors (Lipinski definition) is 0. The molecule has 0 amide bonds. The fraction of sp³-hybridized carbons (Fsp3) is 0. The summed E-state index contributed by atoms with van der Waals surface area (Å²) in [5, 5.41) is 0. The molecule has 4 unspecified atom stereocenters. The second-order valence-electron chi connectivity index (χ2n) is 1.93. The molecule has 0 saturated carbocycles. The quantitative estimate of drug-likeness (QED) is 0.150. The van der Waals surface area contributed by atoms with Crippen LogP contribution in [0.25, 0.3) is 0 Å². The molecule has 0 nitrogen and oxygen atoms in total. The van der Waals surface area contributed by atoms with Gasteiger partial charge in [-0.15, -0.1) is 0 Å². The molecule has 12 heteroatoms. The van der Waals surface area contributed by atoms with Crippen molar-refractivity contribution in [3.63, 3.8) is 0 Å². The molecule has 0 aromatic carbocycles. The normalized spacial score (nSPS) is 7.50. The molecule has 128 valence electrons. The Morgan fingerprint density at radius 1 is 0.458 bits per heavy atom. The summed E-state index contributed by atoms with van der Waals surface area (Å²) in [5.41, 5.74) is 0. The van der Waals surface area contributed by atoms with Crippen molar-refractivity contribution in [1.82, 2.24) is 0 Å². The fourth-order valence-corrected chi connectivity index (χ4v) is 3.46. The maximum absolute atomic E-state index is 2.77. The van der Waals surface area contributed by atoms with Crippen LogP contribution in [0.3, 0.4) is 0 Å². The average molecular weight is 1020 g/mol. The van der Waals surface area contributed by atoms with Crippen LogP contribution < -0.4 is 24.8 Å². The molecule has 4 atom stereocenters. The molecule has 0 heterocycles. The summed E-state index contributed by atoms with van der Waals surface area (Å²) in [6, 6.07) is 0. The van der Waals surface area contributed by atoms with Gasteiger partial charge in [-0.1, -0.05) is 0 Å². The Hall–Kier alpha value is 5.78. The van der Waals surface area contributed by atoms with Crippen LogP contribution in [0, 0.1) is 23.3 Å². The van der Waals surface area contributed by atoms with Crippen molar-refractivity contribution in [1.29, 1.82) is 0 Å². The van der Waals surface area contributed by atoms with Crippen molar-refractivity contribution in [2.75, 3.05) is 0 Å². The number of hydrogen-bond donors (Lipinski definition) is 0. The molecule has 0 saturated heterocycles. The van der Waals surface area contributed by atoms with E-state index in [1.807, 2.05) is 40.1 Å². The Bertz CT molecular complexity index is 279. The van der Waals surface area contributed by atoms with E-state index in [0.29, 0.717) is 0 Å². The predicted octanol–water partition coefficient (Wildman–Crippen LogP) is -5.40. The third-order valence-corrected chi connectivity index (χ3v) is 3.15. The zero-order valence-electron chi connectivity index (χ0n) is 12.5. The standard InChI is InChI=1S/4C3H4P.2ClH.4Sb.2Zr/c4*1-2-3-4;;;;;;;;/h4*1-2H,4H2;2*1H;;;;;;/q4*-1;;;;;;;2*+2/p-2. The van der Waals surface area contributed by atoms with Gasteiger partial charge in [0.1, 0.15) is 0 Å². The second-order valence-corrected chi connectivity index (χ2v) is 6.67. The zero-order chi connectivity index (χ0) is 16.5. The van der Waals surface area contributed by atoms with Crippen molar-refractivity contribution in [3.8, 4) is 0 Å². The van der Waals surface area contributed by atoms with Gasteiger partial charge >= 0.3 is 243 Å². The van der Waals surface area contributed by atoms with Crippen LogP contribution in [0.15, 0.2) is 24.3 Å². The molecule has 0 spiro atoms. The third kappa shape index (κ3) is 105. The Morgan fingerprint density at radius 3 is 0.583 bits per heavy atom. The van der Waals surface area contributed by atoms with Crippen LogP contribution >= 0.6 is 37.0 Å². The fourth-order valence-electron chi connectivity index (χ4n) is 0.172. The molecule has 0 N–H and O–H groups in total. The monoisotopic (exact) mass is 1020 g/mol. The van der Waals surface area contributed by atoms with Crippen molar-refractivity contribution < 1.29 is 77.2 Å². The average Bonchev–Trinajstić information content (AvgIpc) is 2.44. The first-order valence-electron chi connectivity index (χ1n) is 4.68. The van der Waals surface area contributed by atoms with E-state index < -0.39 is 0 Å². The van der Waals surface area contributed by atoms with Crippen LogP contribution in [-0.4, -0.2) is 106 Å². The Kier molecular flexibility index (Phi) is 152. The SMILES string of the molecule is P[C-]=C[CH]=[Sb].P[C-]=C[CH]=[Sb].P[C-]=C[CH]=[Sb].P[C-]=C[CH]=[Sb].[Cl-].[Cl-].[Zr+2].[Zr+2]. The van der Waals surface area contributed by atoms with Gasteiger partial charge in [0.15, 0.2) is 0 Å². The van der Waals surface area contributed by atoms with Gasteiger partial charge in [-0.3, -0.25) is 0 Å². The topological polar surface area (TPSA) is 0 Å². The van der Waals surface area contributed by atoms with E-state index in [0.717, 1.165) is 0 Å². The Morgan fingerprint density at radius 2 is 0.583 bits per heavy atom. The van der Waals surface area contributed by atoms with E-state index in [9.17, 15) is 0 Å².